The van der Waals surface area contributed by atoms with Crippen LogP contribution in [0.15, 0.2) is 48.5 Å². The van der Waals surface area contributed by atoms with Crippen LogP contribution in [0.3, 0.4) is 0 Å². The zero-order chi connectivity index (χ0) is 19.2. The number of ether oxygens (including phenoxy) is 1. The predicted octanol–water partition coefficient (Wildman–Crippen LogP) is 2.70. The summed E-state index contributed by atoms with van der Waals surface area (Å²) in [6.45, 7) is 3.52. The molecule has 0 bridgehead atoms. The van der Waals surface area contributed by atoms with Crippen molar-refractivity contribution >= 4 is 11.6 Å². The van der Waals surface area contributed by atoms with E-state index in [0.29, 0.717) is 25.3 Å². The lowest BCUT2D eigenvalue weighted by Gasteiger charge is -2.35. The van der Waals surface area contributed by atoms with E-state index >= 15 is 0 Å². The Bertz CT molecular complexity index is 741. The number of morpholine rings is 1. The van der Waals surface area contributed by atoms with Gasteiger partial charge in [-0.25, -0.2) is 4.39 Å². The lowest BCUT2D eigenvalue weighted by Crippen LogP contribution is -2.43. The van der Waals surface area contributed by atoms with Crippen LogP contribution in [0.25, 0.3) is 0 Å². The van der Waals surface area contributed by atoms with Gasteiger partial charge in [0.1, 0.15) is 5.82 Å². The van der Waals surface area contributed by atoms with Gasteiger partial charge in [-0.1, -0.05) is 12.1 Å². The third-order valence-electron chi connectivity index (χ3n) is 4.84. The number of hydrogen-bond acceptors (Lipinski definition) is 4. The first-order valence-electron chi connectivity index (χ1n) is 9.17. The van der Waals surface area contributed by atoms with E-state index in [-0.39, 0.29) is 17.8 Å². The molecule has 1 heterocycles. The third kappa shape index (κ3) is 5.05. The molecule has 6 heteroatoms. The average Bonchev–Trinajstić information content (AvgIpc) is 2.69. The van der Waals surface area contributed by atoms with Crippen molar-refractivity contribution in [1.82, 2.24) is 10.2 Å². The molecule has 2 aromatic rings. The maximum Gasteiger partial charge on any atom is 0.251 e. The number of rotatable bonds is 6. The molecule has 2 aromatic carbocycles. The molecule has 144 valence electrons. The summed E-state index contributed by atoms with van der Waals surface area (Å²) in [5.74, 6) is -0.545. The van der Waals surface area contributed by atoms with Crippen molar-refractivity contribution in [1.29, 1.82) is 0 Å². The van der Waals surface area contributed by atoms with Gasteiger partial charge < -0.3 is 15.0 Å². The largest absolute Gasteiger partial charge is 0.379 e. The van der Waals surface area contributed by atoms with Crippen molar-refractivity contribution < 1.29 is 13.9 Å². The van der Waals surface area contributed by atoms with Crippen molar-refractivity contribution in [2.45, 2.75) is 6.04 Å². The molecule has 27 heavy (non-hydrogen) atoms. The minimum atomic E-state index is -0.348. The van der Waals surface area contributed by atoms with Crippen LogP contribution in [0, 0.1) is 5.82 Å². The predicted molar refractivity (Wildman–Crippen MR) is 105 cm³/mol. The van der Waals surface area contributed by atoms with Crippen LogP contribution in [-0.4, -0.2) is 57.8 Å². The second-order valence-corrected chi connectivity index (χ2v) is 6.87. The van der Waals surface area contributed by atoms with Crippen LogP contribution in [0.2, 0.25) is 0 Å². The standard InChI is InChI=1S/C21H26FN3O2/c1-24(2)19-9-5-16(6-10-19)20(25-11-13-27-14-12-25)15-23-21(26)17-3-7-18(22)8-4-17/h3-10,20H,11-15H2,1-2H3,(H,23,26)/t20-/m1/s1. The molecule has 1 saturated heterocycles. The van der Waals surface area contributed by atoms with Gasteiger partial charge >= 0.3 is 0 Å². The fraction of sp³-hybridized carbons (Fsp3) is 0.381. The Morgan fingerprint density at radius 1 is 1.11 bits per heavy atom. The molecule has 0 aliphatic carbocycles. The van der Waals surface area contributed by atoms with Crippen LogP contribution in [0.5, 0.6) is 0 Å². The quantitative estimate of drug-likeness (QED) is 0.848. The minimum Gasteiger partial charge on any atom is -0.379 e. The second-order valence-electron chi connectivity index (χ2n) is 6.87. The fourth-order valence-corrected chi connectivity index (χ4v) is 3.23. The molecular formula is C21H26FN3O2. The van der Waals surface area contributed by atoms with Gasteiger partial charge in [-0.05, 0) is 42.0 Å². The number of carbonyl (C=O) groups is 1. The Morgan fingerprint density at radius 3 is 2.33 bits per heavy atom. The Hall–Kier alpha value is -2.44. The third-order valence-corrected chi connectivity index (χ3v) is 4.84. The van der Waals surface area contributed by atoms with E-state index in [1.165, 1.54) is 24.3 Å². The van der Waals surface area contributed by atoms with Crippen LogP contribution in [0.4, 0.5) is 10.1 Å². The highest BCUT2D eigenvalue weighted by atomic mass is 19.1. The zero-order valence-electron chi connectivity index (χ0n) is 15.8. The van der Waals surface area contributed by atoms with Crippen LogP contribution < -0.4 is 10.2 Å². The molecule has 0 radical (unpaired) electrons. The molecule has 3 rings (SSSR count). The van der Waals surface area contributed by atoms with Gasteiger partial charge in [0.25, 0.3) is 5.91 Å². The van der Waals surface area contributed by atoms with Gasteiger partial charge in [-0.3, -0.25) is 9.69 Å². The van der Waals surface area contributed by atoms with Crippen LogP contribution in [0.1, 0.15) is 22.0 Å². The molecule has 1 aliphatic rings. The minimum absolute atomic E-state index is 0.0644. The summed E-state index contributed by atoms with van der Waals surface area (Å²) < 4.78 is 18.5. The topological polar surface area (TPSA) is 44.8 Å². The van der Waals surface area contributed by atoms with Crippen molar-refractivity contribution in [2.75, 3.05) is 51.8 Å². The monoisotopic (exact) mass is 371 g/mol. The lowest BCUT2D eigenvalue weighted by molar-refractivity contribution is 0.0162. The molecular weight excluding hydrogens is 345 g/mol. The number of anilines is 1. The number of nitrogens with zero attached hydrogens (tertiary/aromatic N) is 2. The van der Waals surface area contributed by atoms with E-state index in [9.17, 15) is 9.18 Å². The van der Waals surface area contributed by atoms with E-state index in [2.05, 4.69) is 39.4 Å². The first kappa shape index (κ1) is 19.3. The lowest BCUT2D eigenvalue weighted by atomic mass is 10.0. The van der Waals surface area contributed by atoms with E-state index < -0.39 is 0 Å². The first-order chi connectivity index (χ1) is 13.0. The Morgan fingerprint density at radius 2 is 1.74 bits per heavy atom. The summed E-state index contributed by atoms with van der Waals surface area (Å²) in [5, 5.41) is 3.00. The summed E-state index contributed by atoms with van der Waals surface area (Å²) in [4.78, 5) is 16.8. The van der Waals surface area contributed by atoms with Crippen molar-refractivity contribution in [2.24, 2.45) is 0 Å². The van der Waals surface area contributed by atoms with Gasteiger partial charge in [0.2, 0.25) is 0 Å². The highest BCUT2D eigenvalue weighted by molar-refractivity contribution is 5.94. The molecule has 0 spiro atoms. The van der Waals surface area contributed by atoms with Crippen molar-refractivity contribution in [3.8, 4) is 0 Å². The normalized spacial score (nSPS) is 16.0. The smallest absolute Gasteiger partial charge is 0.251 e. The Labute approximate surface area is 159 Å². The maximum atomic E-state index is 13.1. The van der Waals surface area contributed by atoms with Gasteiger partial charge in [0, 0.05) is 45.0 Å². The average molecular weight is 371 g/mol. The maximum absolute atomic E-state index is 13.1. The molecule has 0 saturated carbocycles. The van der Waals surface area contributed by atoms with Gasteiger partial charge in [-0.2, -0.15) is 0 Å². The molecule has 0 aromatic heterocycles. The van der Waals surface area contributed by atoms with Gasteiger partial charge in [0.15, 0.2) is 0 Å². The van der Waals surface area contributed by atoms with Crippen LogP contribution >= 0.6 is 0 Å². The second kappa shape index (κ2) is 8.97. The number of benzene rings is 2. The number of nitrogens with one attached hydrogen (secondary N) is 1. The number of hydrogen-bond donors (Lipinski definition) is 1. The van der Waals surface area contributed by atoms with E-state index in [0.717, 1.165) is 24.3 Å². The van der Waals surface area contributed by atoms with Crippen molar-refractivity contribution in [3.05, 3.63) is 65.5 Å². The molecule has 1 atom stereocenters. The molecule has 1 amide bonds. The molecule has 1 aliphatic heterocycles. The van der Waals surface area contributed by atoms with E-state index in [1.54, 1.807) is 0 Å². The summed E-state index contributed by atoms with van der Waals surface area (Å²) in [5.41, 5.74) is 2.75. The SMILES string of the molecule is CN(C)c1ccc([C@@H](CNC(=O)c2ccc(F)cc2)N2CCOCC2)cc1. The van der Waals surface area contributed by atoms with Crippen molar-refractivity contribution in [3.63, 3.8) is 0 Å². The van der Waals surface area contributed by atoms with Crippen LogP contribution in [-0.2, 0) is 4.74 Å². The first-order valence-corrected chi connectivity index (χ1v) is 9.17. The highest BCUT2D eigenvalue weighted by Crippen LogP contribution is 2.24. The molecule has 0 unspecified atom stereocenters. The van der Waals surface area contributed by atoms with Gasteiger partial charge in [0.05, 0.1) is 19.3 Å². The fourth-order valence-electron chi connectivity index (χ4n) is 3.23. The Balaban J connectivity index is 1.73. The van der Waals surface area contributed by atoms with E-state index in [1.807, 2.05) is 14.1 Å². The van der Waals surface area contributed by atoms with E-state index in [4.69, 9.17) is 4.74 Å². The number of carbonyl (C=O) groups excluding carboxylic acids is 1. The summed E-state index contributed by atoms with van der Waals surface area (Å²) in [7, 11) is 4.02. The summed E-state index contributed by atoms with van der Waals surface area (Å²) in [6, 6.07) is 14.1. The summed E-state index contributed by atoms with van der Waals surface area (Å²) in [6.07, 6.45) is 0. The molecule has 1 N–H and O–H groups in total. The number of amides is 1. The number of halogens is 1. The summed E-state index contributed by atoms with van der Waals surface area (Å²) >= 11 is 0. The zero-order valence-corrected chi connectivity index (χ0v) is 15.8. The highest BCUT2D eigenvalue weighted by Gasteiger charge is 2.23. The Kier molecular flexibility index (Phi) is 6.42. The van der Waals surface area contributed by atoms with Gasteiger partial charge in [-0.15, -0.1) is 0 Å². The molecule has 5 nitrogen and oxygen atoms in total. The molecule has 1 fully saturated rings.